The summed E-state index contributed by atoms with van der Waals surface area (Å²) in [6.45, 7) is 5.39. The van der Waals surface area contributed by atoms with Gasteiger partial charge < -0.3 is 20.1 Å². The summed E-state index contributed by atoms with van der Waals surface area (Å²) < 4.78 is 10.0. The maximum atomic E-state index is 11.9. The zero-order valence-corrected chi connectivity index (χ0v) is 19.3. The van der Waals surface area contributed by atoms with Gasteiger partial charge in [0.05, 0.1) is 14.2 Å². The molecule has 152 valence electrons. The number of carbonyl (C=O) groups is 1. The van der Waals surface area contributed by atoms with Gasteiger partial charge in [-0.15, -0.1) is 24.0 Å². The number of esters is 1. The van der Waals surface area contributed by atoms with E-state index in [1.54, 1.807) is 19.2 Å². The fourth-order valence-corrected chi connectivity index (χ4v) is 2.76. The van der Waals surface area contributed by atoms with Crippen molar-refractivity contribution in [1.82, 2.24) is 10.6 Å². The molecule has 0 saturated heterocycles. The number of aliphatic imine (C=N–C) groups is 1. The largest absolute Gasteiger partial charge is 0.496 e. The Morgan fingerprint density at radius 1 is 1.04 bits per heavy atom. The Balaban J connectivity index is 0.00000392. The van der Waals surface area contributed by atoms with E-state index in [2.05, 4.69) is 47.7 Å². The lowest BCUT2D eigenvalue weighted by molar-refractivity contribution is 0.0597. The highest BCUT2D eigenvalue weighted by molar-refractivity contribution is 14.0. The third-order valence-electron chi connectivity index (χ3n) is 4.30. The Kier molecular flexibility index (Phi) is 9.78. The number of hydrogen-bond donors (Lipinski definition) is 2. The first kappa shape index (κ1) is 23.7. The number of guanidine groups is 1. The molecule has 0 aliphatic rings. The second-order valence-corrected chi connectivity index (χ2v) is 6.24. The van der Waals surface area contributed by atoms with Crippen molar-refractivity contribution in [2.45, 2.75) is 26.9 Å². The highest BCUT2D eigenvalue weighted by Crippen LogP contribution is 2.20. The van der Waals surface area contributed by atoms with Gasteiger partial charge in [0.2, 0.25) is 0 Å². The van der Waals surface area contributed by atoms with Crippen LogP contribution in [0, 0.1) is 13.8 Å². The van der Waals surface area contributed by atoms with Crippen LogP contribution in [0.25, 0.3) is 0 Å². The molecule has 2 aromatic rings. The summed E-state index contributed by atoms with van der Waals surface area (Å²) >= 11 is 0. The van der Waals surface area contributed by atoms with Crippen LogP contribution in [-0.4, -0.2) is 33.2 Å². The first-order chi connectivity index (χ1) is 13.0. The third kappa shape index (κ3) is 6.40. The topological polar surface area (TPSA) is 72.0 Å². The Hall–Kier alpha value is -2.29. The summed E-state index contributed by atoms with van der Waals surface area (Å²) in [6, 6.07) is 11.8. The van der Waals surface area contributed by atoms with E-state index < -0.39 is 5.97 Å². The van der Waals surface area contributed by atoms with Crippen LogP contribution in [0.2, 0.25) is 0 Å². The number of methoxy groups -OCH3 is 2. The van der Waals surface area contributed by atoms with Crippen LogP contribution < -0.4 is 15.4 Å². The van der Waals surface area contributed by atoms with Crippen LogP contribution in [-0.2, 0) is 17.8 Å². The number of hydrogen-bond acceptors (Lipinski definition) is 4. The summed E-state index contributed by atoms with van der Waals surface area (Å²) in [5.74, 6) is 0.749. The average Bonchev–Trinajstić information content (AvgIpc) is 2.68. The molecule has 0 saturated carbocycles. The number of carbonyl (C=O) groups excluding carboxylic acids is 1. The number of ether oxygens (including phenoxy) is 2. The highest BCUT2D eigenvalue weighted by Gasteiger charge is 2.13. The zero-order valence-electron chi connectivity index (χ0n) is 17.0. The van der Waals surface area contributed by atoms with Gasteiger partial charge in [0.15, 0.2) is 5.96 Å². The third-order valence-corrected chi connectivity index (χ3v) is 4.30. The molecular formula is C21H28IN3O3. The Morgan fingerprint density at radius 2 is 1.75 bits per heavy atom. The van der Waals surface area contributed by atoms with Gasteiger partial charge in [0, 0.05) is 20.1 Å². The molecule has 0 unspecified atom stereocenters. The quantitative estimate of drug-likeness (QED) is 0.276. The lowest BCUT2D eigenvalue weighted by atomic mass is 10.1. The van der Waals surface area contributed by atoms with Crippen molar-refractivity contribution in [3.63, 3.8) is 0 Å². The summed E-state index contributed by atoms with van der Waals surface area (Å²) in [6.07, 6.45) is 0. The van der Waals surface area contributed by atoms with Crippen molar-refractivity contribution >= 4 is 35.9 Å². The highest BCUT2D eigenvalue weighted by atomic mass is 127. The van der Waals surface area contributed by atoms with Crippen LogP contribution in [0.4, 0.5) is 0 Å². The molecular weight excluding hydrogens is 469 g/mol. The van der Waals surface area contributed by atoms with Crippen LogP contribution in [0.5, 0.6) is 5.75 Å². The average molecular weight is 497 g/mol. The predicted molar refractivity (Wildman–Crippen MR) is 123 cm³/mol. The maximum Gasteiger partial charge on any atom is 0.341 e. The van der Waals surface area contributed by atoms with Gasteiger partial charge >= 0.3 is 5.97 Å². The van der Waals surface area contributed by atoms with Crippen molar-refractivity contribution in [2.75, 3.05) is 21.3 Å². The molecule has 0 heterocycles. The lowest BCUT2D eigenvalue weighted by Gasteiger charge is -2.14. The number of aryl methyl sites for hydroxylation is 2. The van der Waals surface area contributed by atoms with Gasteiger partial charge in [-0.2, -0.15) is 0 Å². The van der Waals surface area contributed by atoms with Gasteiger partial charge in [-0.05, 0) is 42.7 Å². The van der Waals surface area contributed by atoms with Crippen molar-refractivity contribution in [3.05, 3.63) is 64.2 Å². The van der Waals surface area contributed by atoms with E-state index in [4.69, 9.17) is 9.47 Å². The molecule has 0 radical (unpaired) electrons. The van der Waals surface area contributed by atoms with E-state index in [9.17, 15) is 4.79 Å². The van der Waals surface area contributed by atoms with E-state index in [1.165, 1.54) is 30.9 Å². The molecule has 2 N–H and O–H groups in total. The van der Waals surface area contributed by atoms with Gasteiger partial charge in [-0.1, -0.05) is 29.8 Å². The number of rotatable bonds is 6. The second kappa shape index (κ2) is 11.5. The van der Waals surface area contributed by atoms with Gasteiger partial charge in [0.25, 0.3) is 0 Å². The first-order valence-corrected chi connectivity index (χ1v) is 8.74. The van der Waals surface area contributed by atoms with E-state index >= 15 is 0 Å². The number of nitrogens with zero attached hydrogens (tertiary/aromatic N) is 1. The van der Waals surface area contributed by atoms with Crippen molar-refractivity contribution in [3.8, 4) is 5.75 Å². The molecule has 0 bridgehead atoms. The smallest absolute Gasteiger partial charge is 0.341 e. The minimum absolute atomic E-state index is 0. The van der Waals surface area contributed by atoms with E-state index in [0.717, 1.165) is 5.56 Å². The van der Waals surface area contributed by atoms with Gasteiger partial charge in [-0.3, -0.25) is 4.99 Å². The van der Waals surface area contributed by atoms with Crippen LogP contribution in [0.15, 0.2) is 41.4 Å². The normalized spacial score (nSPS) is 10.7. The maximum absolute atomic E-state index is 11.9. The molecule has 0 fully saturated rings. The molecule has 0 aliphatic heterocycles. The fourth-order valence-electron chi connectivity index (χ4n) is 2.76. The molecule has 2 aromatic carbocycles. The van der Waals surface area contributed by atoms with E-state index in [1.807, 2.05) is 6.07 Å². The predicted octanol–water partition coefficient (Wildman–Crippen LogP) is 3.58. The van der Waals surface area contributed by atoms with Gasteiger partial charge in [-0.25, -0.2) is 4.79 Å². The number of nitrogens with one attached hydrogen (secondary N) is 2. The molecule has 7 heteroatoms. The molecule has 2 rings (SSSR count). The fraction of sp³-hybridized carbons (Fsp3) is 0.333. The van der Waals surface area contributed by atoms with Crippen LogP contribution in [0.3, 0.4) is 0 Å². The standard InChI is InChI=1S/C21H27N3O3.HI/c1-14-6-8-17(15(2)10-14)13-24-21(22-3)23-12-16-7-9-19(26-4)18(11-16)20(25)27-5;/h6-11H,12-13H2,1-5H3,(H2,22,23,24);1H. The molecule has 28 heavy (non-hydrogen) atoms. The number of benzene rings is 2. The summed E-state index contributed by atoms with van der Waals surface area (Å²) in [5.41, 5.74) is 5.04. The van der Waals surface area contributed by atoms with Crippen molar-refractivity contribution in [2.24, 2.45) is 4.99 Å². The Labute approximate surface area is 183 Å². The number of halogens is 1. The molecule has 0 atom stereocenters. The monoisotopic (exact) mass is 497 g/mol. The Morgan fingerprint density at radius 3 is 2.36 bits per heavy atom. The summed E-state index contributed by atoms with van der Waals surface area (Å²) in [7, 11) is 4.61. The molecule has 0 aromatic heterocycles. The molecule has 0 amide bonds. The molecule has 0 aliphatic carbocycles. The minimum atomic E-state index is -0.425. The van der Waals surface area contributed by atoms with Crippen LogP contribution in [0.1, 0.15) is 32.6 Å². The van der Waals surface area contributed by atoms with E-state index in [-0.39, 0.29) is 24.0 Å². The van der Waals surface area contributed by atoms with E-state index in [0.29, 0.717) is 30.4 Å². The minimum Gasteiger partial charge on any atom is -0.496 e. The van der Waals surface area contributed by atoms with Crippen LogP contribution >= 0.6 is 24.0 Å². The SMILES string of the molecule is CN=C(NCc1ccc(OC)c(C(=O)OC)c1)NCc1ccc(C)cc1C.I. The van der Waals surface area contributed by atoms with Crippen molar-refractivity contribution < 1.29 is 14.3 Å². The van der Waals surface area contributed by atoms with Gasteiger partial charge in [0.1, 0.15) is 11.3 Å². The lowest BCUT2D eigenvalue weighted by Crippen LogP contribution is -2.36. The first-order valence-electron chi connectivity index (χ1n) is 8.74. The Bertz CT molecular complexity index is 838. The zero-order chi connectivity index (χ0) is 19.8. The van der Waals surface area contributed by atoms with Crippen molar-refractivity contribution in [1.29, 1.82) is 0 Å². The molecule has 0 spiro atoms. The summed E-state index contributed by atoms with van der Waals surface area (Å²) in [5, 5.41) is 6.56. The molecule has 6 nitrogen and oxygen atoms in total. The second-order valence-electron chi connectivity index (χ2n) is 6.24. The summed E-state index contributed by atoms with van der Waals surface area (Å²) in [4.78, 5) is 16.1.